The van der Waals surface area contributed by atoms with Crippen LogP contribution in [0.15, 0.2) is 24.8 Å². The quantitative estimate of drug-likeness (QED) is 0.170. The van der Waals surface area contributed by atoms with E-state index in [2.05, 4.69) is 20.1 Å². The first-order chi connectivity index (χ1) is 13.0. The van der Waals surface area contributed by atoms with Gasteiger partial charge >= 0.3 is 11.9 Å². The second kappa shape index (κ2) is 22.5. The summed E-state index contributed by atoms with van der Waals surface area (Å²) in [6.45, 7) is 11.0. The lowest BCUT2D eigenvalue weighted by Gasteiger charge is -2.04. The molecule has 0 aromatic heterocycles. The third kappa shape index (κ3) is 26.8. The molecule has 0 spiro atoms. The molecule has 0 fully saturated rings. The molecule has 0 atom stereocenters. The van der Waals surface area contributed by atoms with E-state index in [9.17, 15) is 9.59 Å². The van der Waals surface area contributed by atoms with Crippen LogP contribution in [0.4, 0.5) is 0 Å². The third-order valence-corrected chi connectivity index (χ3v) is 4.25. The zero-order valence-electron chi connectivity index (χ0n) is 17.8. The van der Waals surface area contributed by atoms with Gasteiger partial charge in [0.25, 0.3) is 0 Å². The zero-order valence-corrected chi connectivity index (χ0v) is 17.8. The molecule has 0 aliphatic rings. The lowest BCUT2D eigenvalue weighted by molar-refractivity contribution is -0.139. The van der Waals surface area contributed by atoms with Gasteiger partial charge in [0.15, 0.2) is 0 Å². The fourth-order valence-corrected chi connectivity index (χ4v) is 2.58. The summed E-state index contributed by atoms with van der Waals surface area (Å²) in [5.41, 5.74) is 0.491. The molecular weight excluding hydrogens is 340 g/mol. The van der Waals surface area contributed by atoms with Gasteiger partial charge in [0, 0.05) is 11.6 Å². The van der Waals surface area contributed by atoms with Crippen molar-refractivity contribution in [1.29, 1.82) is 0 Å². The third-order valence-electron chi connectivity index (χ3n) is 4.25. The van der Waals surface area contributed by atoms with E-state index in [0.717, 1.165) is 12.5 Å². The number of esters is 1. The Morgan fingerprint density at radius 3 is 1.44 bits per heavy atom. The van der Waals surface area contributed by atoms with E-state index >= 15 is 0 Å². The zero-order chi connectivity index (χ0) is 20.8. The number of carboxylic acids is 1. The number of rotatable bonds is 17. The van der Waals surface area contributed by atoms with Gasteiger partial charge in [-0.1, -0.05) is 104 Å². The Bertz CT molecular complexity index is 388. The predicted molar refractivity (Wildman–Crippen MR) is 114 cm³/mol. The normalized spacial score (nSPS) is 9.85. The second-order valence-corrected chi connectivity index (χ2v) is 7.05. The van der Waals surface area contributed by atoms with Crippen LogP contribution in [0.1, 0.15) is 104 Å². The van der Waals surface area contributed by atoms with Crippen LogP contribution in [0.3, 0.4) is 0 Å². The molecule has 0 aliphatic carbocycles. The van der Waals surface area contributed by atoms with Crippen LogP contribution in [0, 0.1) is 0 Å². The van der Waals surface area contributed by atoms with Gasteiger partial charge in [-0.25, -0.2) is 9.59 Å². The average Bonchev–Trinajstić information content (AvgIpc) is 2.65. The predicted octanol–water partition coefficient (Wildman–Crippen LogP) is 6.84. The maximum Gasteiger partial charge on any atom is 0.333 e. The molecule has 27 heavy (non-hydrogen) atoms. The van der Waals surface area contributed by atoms with E-state index in [-0.39, 0.29) is 5.97 Å². The first kappa shape index (κ1) is 27.6. The summed E-state index contributed by atoms with van der Waals surface area (Å²) in [6, 6.07) is 0. The summed E-state index contributed by atoms with van der Waals surface area (Å²) in [4.78, 5) is 20.4. The van der Waals surface area contributed by atoms with Crippen molar-refractivity contribution in [2.45, 2.75) is 104 Å². The van der Waals surface area contributed by atoms with Crippen LogP contribution in [0.5, 0.6) is 0 Å². The SMILES string of the molecule is C=C(C)C(=O)OCCCCCCCCCCCCCCCC.C=CC(=O)O. The van der Waals surface area contributed by atoms with E-state index in [4.69, 9.17) is 9.84 Å². The van der Waals surface area contributed by atoms with Crippen LogP contribution in [-0.4, -0.2) is 23.7 Å². The number of carbonyl (C=O) groups excluding carboxylic acids is 1. The molecule has 0 heterocycles. The molecule has 158 valence electrons. The van der Waals surface area contributed by atoms with Crippen molar-refractivity contribution in [3.05, 3.63) is 24.8 Å². The van der Waals surface area contributed by atoms with Crippen molar-refractivity contribution >= 4 is 11.9 Å². The fraction of sp³-hybridized carbons (Fsp3) is 0.739. The fourth-order valence-electron chi connectivity index (χ4n) is 2.58. The van der Waals surface area contributed by atoms with Gasteiger partial charge in [-0.15, -0.1) is 0 Å². The largest absolute Gasteiger partial charge is 0.478 e. The second-order valence-electron chi connectivity index (χ2n) is 7.05. The Hall–Kier alpha value is -1.58. The Kier molecular flexibility index (Phi) is 23.0. The van der Waals surface area contributed by atoms with E-state index in [1.807, 2.05) is 0 Å². The Morgan fingerprint density at radius 1 is 0.815 bits per heavy atom. The summed E-state index contributed by atoms with van der Waals surface area (Å²) in [6.07, 6.45) is 19.6. The summed E-state index contributed by atoms with van der Waals surface area (Å²) >= 11 is 0. The highest BCUT2D eigenvalue weighted by Gasteiger charge is 2.01. The van der Waals surface area contributed by atoms with Crippen molar-refractivity contribution in [1.82, 2.24) is 0 Å². The van der Waals surface area contributed by atoms with Crippen LogP contribution < -0.4 is 0 Å². The van der Waals surface area contributed by atoms with Crippen LogP contribution in [0.25, 0.3) is 0 Å². The van der Waals surface area contributed by atoms with Crippen LogP contribution >= 0.6 is 0 Å². The van der Waals surface area contributed by atoms with Crippen LogP contribution in [-0.2, 0) is 14.3 Å². The molecule has 0 aromatic carbocycles. The number of ether oxygens (including phenoxy) is 1. The summed E-state index contributed by atoms with van der Waals surface area (Å²) in [5, 5.41) is 7.60. The number of hydrogen-bond donors (Lipinski definition) is 1. The number of aliphatic carboxylic acids is 1. The van der Waals surface area contributed by atoms with Gasteiger partial charge in [0.1, 0.15) is 0 Å². The average molecular weight is 383 g/mol. The van der Waals surface area contributed by atoms with Gasteiger partial charge in [0.2, 0.25) is 0 Å². The molecule has 0 amide bonds. The molecule has 1 N–H and O–H groups in total. The molecule has 0 unspecified atom stereocenters. The minimum Gasteiger partial charge on any atom is -0.478 e. The summed E-state index contributed by atoms with van der Waals surface area (Å²) in [7, 11) is 0. The monoisotopic (exact) mass is 382 g/mol. The molecule has 0 saturated carbocycles. The maximum atomic E-state index is 11.2. The molecule has 0 aromatic rings. The first-order valence-corrected chi connectivity index (χ1v) is 10.6. The number of unbranched alkanes of at least 4 members (excludes halogenated alkanes) is 13. The highest BCUT2D eigenvalue weighted by atomic mass is 16.5. The highest BCUT2D eigenvalue weighted by molar-refractivity contribution is 5.86. The van der Waals surface area contributed by atoms with Crippen molar-refractivity contribution in [3.8, 4) is 0 Å². The van der Waals surface area contributed by atoms with Crippen molar-refractivity contribution < 1.29 is 19.4 Å². The molecular formula is C23H42O4. The van der Waals surface area contributed by atoms with Crippen molar-refractivity contribution in [2.24, 2.45) is 0 Å². The number of hydrogen-bond acceptors (Lipinski definition) is 3. The van der Waals surface area contributed by atoms with E-state index in [0.29, 0.717) is 12.2 Å². The molecule has 4 heteroatoms. The minimum absolute atomic E-state index is 0.255. The molecule has 0 radical (unpaired) electrons. The Labute approximate surface area is 167 Å². The summed E-state index contributed by atoms with van der Waals surface area (Å²) < 4.78 is 5.07. The maximum absolute atomic E-state index is 11.2. The van der Waals surface area contributed by atoms with E-state index in [1.165, 1.54) is 83.5 Å². The minimum atomic E-state index is -0.981. The molecule has 4 nitrogen and oxygen atoms in total. The smallest absolute Gasteiger partial charge is 0.333 e. The van der Waals surface area contributed by atoms with Gasteiger partial charge < -0.3 is 9.84 Å². The lowest BCUT2D eigenvalue weighted by atomic mass is 10.0. The van der Waals surface area contributed by atoms with Gasteiger partial charge in [-0.3, -0.25) is 0 Å². The standard InChI is InChI=1S/C20H38O2.C3H4O2/c1-4-5-6-7-8-9-10-11-12-13-14-15-16-17-18-22-20(21)19(2)3;1-2-3(4)5/h2,4-18H2,1,3H3;2H,1H2,(H,4,5). The van der Waals surface area contributed by atoms with Crippen molar-refractivity contribution in [2.75, 3.05) is 6.61 Å². The topological polar surface area (TPSA) is 63.6 Å². The Balaban J connectivity index is 0. The van der Waals surface area contributed by atoms with Gasteiger partial charge in [0.05, 0.1) is 6.61 Å². The number of carbonyl (C=O) groups is 2. The van der Waals surface area contributed by atoms with E-state index in [1.54, 1.807) is 6.92 Å². The first-order valence-electron chi connectivity index (χ1n) is 10.6. The molecule has 0 bridgehead atoms. The summed E-state index contributed by atoms with van der Waals surface area (Å²) in [5.74, 6) is -1.24. The highest BCUT2D eigenvalue weighted by Crippen LogP contribution is 2.13. The van der Waals surface area contributed by atoms with Crippen LogP contribution in [0.2, 0.25) is 0 Å². The van der Waals surface area contributed by atoms with Gasteiger partial charge in [-0.05, 0) is 13.3 Å². The Morgan fingerprint density at radius 2 is 1.15 bits per heavy atom. The van der Waals surface area contributed by atoms with E-state index < -0.39 is 5.97 Å². The van der Waals surface area contributed by atoms with Gasteiger partial charge in [-0.2, -0.15) is 0 Å². The molecule has 0 saturated heterocycles. The lowest BCUT2D eigenvalue weighted by Crippen LogP contribution is -2.05. The molecule has 0 rings (SSSR count). The number of carboxylic acid groups (broad SMARTS) is 1. The molecule has 0 aliphatic heterocycles. The van der Waals surface area contributed by atoms with Crippen molar-refractivity contribution in [3.63, 3.8) is 0 Å².